The molecule has 0 spiro atoms. The summed E-state index contributed by atoms with van der Waals surface area (Å²) < 4.78 is 14.1. The van der Waals surface area contributed by atoms with E-state index in [1.807, 2.05) is 53.9 Å². The lowest BCUT2D eigenvalue weighted by molar-refractivity contribution is 0.754. The number of rotatable bonds is 4. The molecule has 0 aliphatic carbocycles. The quantitative estimate of drug-likeness (QED) is 0.547. The summed E-state index contributed by atoms with van der Waals surface area (Å²) in [5.41, 5.74) is 1.43. The zero-order valence-corrected chi connectivity index (χ0v) is 12.7. The van der Waals surface area contributed by atoms with E-state index in [1.54, 1.807) is 22.8 Å². The number of hydrogen-bond acceptors (Lipinski definition) is 3. The molecule has 0 aliphatic heterocycles. The number of hydrogen-bond donors (Lipinski definition) is 0. The second-order valence-corrected chi connectivity index (χ2v) is 6.11. The first-order valence-electron chi connectivity index (χ1n) is 6.41. The maximum absolute atomic E-state index is 14.1. The van der Waals surface area contributed by atoms with Gasteiger partial charge in [-0.15, -0.1) is 22.7 Å². The highest BCUT2D eigenvalue weighted by Crippen LogP contribution is 2.30. The molecule has 2 heterocycles. The molecule has 2 aromatic heterocycles. The van der Waals surface area contributed by atoms with Crippen molar-refractivity contribution >= 4 is 34.6 Å². The zero-order valence-electron chi connectivity index (χ0n) is 11.1. The minimum absolute atomic E-state index is 0.318. The summed E-state index contributed by atoms with van der Waals surface area (Å²) in [7, 11) is 0. The number of thiazole rings is 1. The highest BCUT2D eigenvalue weighted by Gasteiger charge is 2.08. The largest absolute Gasteiger partial charge is 0.233 e. The number of benzene rings is 1. The van der Waals surface area contributed by atoms with E-state index in [4.69, 9.17) is 0 Å². The lowest BCUT2D eigenvalue weighted by Gasteiger charge is -1.91. The molecule has 0 saturated heterocycles. The first kappa shape index (κ1) is 13.9. The van der Waals surface area contributed by atoms with Crippen LogP contribution in [0.5, 0.6) is 0 Å². The molecule has 0 bridgehead atoms. The van der Waals surface area contributed by atoms with E-state index in [9.17, 15) is 4.39 Å². The van der Waals surface area contributed by atoms with E-state index in [2.05, 4.69) is 4.98 Å². The van der Waals surface area contributed by atoms with Crippen LogP contribution in [0.15, 0.2) is 65.4 Å². The third-order valence-electron chi connectivity index (χ3n) is 2.81. The summed E-state index contributed by atoms with van der Waals surface area (Å²) in [5.74, 6) is -0.318. The molecule has 104 valence electrons. The predicted molar refractivity (Wildman–Crippen MR) is 90.0 cm³/mol. The second kappa shape index (κ2) is 6.61. The Labute approximate surface area is 130 Å². The van der Waals surface area contributed by atoms with Crippen LogP contribution < -0.4 is 0 Å². The fraction of sp³-hybridized carbons (Fsp3) is 0. The van der Waals surface area contributed by atoms with E-state index < -0.39 is 0 Å². The highest BCUT2D eigenvalue weighted by molar-refractivity contribution is 7.20. The molecule has 0 amide bonds. The molecule has 3 aromatic rings. The maximum Gasteiger partial charge on any atom is 0.149 e. The number of aromatic nitrogens is 1. The van der Waals surface area contributed by atoms with Crippen molar-refractivity contribution in [2.45, 2.75) is 0 Å². The molecular weight excluding hydrogens is 301 g/mol. The van der Waals surface area contributed by atoms with Gasteiger partial charge in [0.05, 0.1) is 4.88 Å². The standard InChI is InChI=1S/C17H12FNS2/c18-14(9-4-8-13-6-2-1-3-7-13)15-12-21-17(19-15)16-10-5-11-20-16/h1-12H/b8-4+,14-9+. The van der Waals surface area contributed by atoms with Gasteiger partial charge in [0.25, 0.3) is 0 Å². The Kier molecular flexibility index (Phi) is 4.38. The fourth-order valence-corrected chi connectivity index (χ4v) is 3.41. The van der Waals surface area contributed by atoms with Crippen LogP contribution in [-0.2, 0) is 0 Å². The van der Waals surface area contributed by atoms with Gasteiger partial charge in [-0.1, -0.05) is 48.6 Å². The summed E-state index contributed by atoms with van der Waals surface area (Å²) in [6, 6.07) is 13.8. The Bertz CT molecular complexity index is 755. The first-order valence-corrected chi connectivity index (χ1v) is 8.17. The molecule has 0 radical (unpaired) electrons. The minimum atomic E-state index is -0.318. The monoisotopic (exact) mass is 313 g/mol. The fourth-order valence-electron chi connectivity index (χ4n) is 1.79. The van der Waals surface area contributed by atoms with Gasteiger partial charge < -0.3 is 0 Å². The molecule has 1 aromatic carbocycles. The summed E-state index contributed by atoms with van der Waals surface area (Å²) in [6.45, 7) is 0. The average molecular weight is 313 g/mol. The topological polar surface area (TPSA) is 12.9 Å². The molecule has 0 atom stereocenters. The Balaban J connectivity index is 1.74. The normalized spacial score (nSPS) is 12.1. The Hall–Kier alpha value is -2.04. The Morgan fingerprint density at radius 1 is 1.05 bits per heavy atom. The SMILES string of the molecule is F/C(=C/C=C/c1ccccc1)c1csc(-c2cccs2)n1. The van der Waals surface area contributed by atoms with Crippen LogP contribution in [0.4, 0.5) is 4.39 Å². The van der Waals surface area contributed by atoms with Crippen molar-refractivity contribution in [3.63, 3.8) is 0 Å². The molecule has 0 N–H and O–H groups in total. The van der Waals surface area contributed by atoms with Crippen molar-refractivity contribution in [1.82, 2.24) is 4.98 Å². The van der Waals surface area contributed by atoms with Crippen LogP contribution in [0.25, 0.3) is 21.8 Å². The van der Waals surface area contributed by atoms with Gasteiger partial charge in [0.1, 0.15) is 16.5 Å². The van der Waals surface area contributed by atoms with E-state index >= 15 is 0 Å². The number of nitrogens with zero attached hydrogens (tertiary/aromatic N) is 1. The van der Waals surface area contributed by atoms with Crippen LogP contribution in [0.1, 0.15) is 11.3 Å². The summed E-state index contributed by atoms with van der Waals surface area (Å²) in [6.07, 6.45) is 5.02. The van der Waals surface area contributed by atoms with Gasteiger partial charge in [-0.25, -0.2) is 9.37 Å². The summed E-state index contributed by atoms with van der Waals surface area (Å²) >= 11 is 3.07. The van der Waals surface area contributed by atoms with Crippen molar-refractivity contribution in [3.05, 3.63) is 76.6 Å². The van der Waals surface area contributed by atoms with E-state index in [-0.39, 0.29) is 5.83 Å². The minimum Gasteiger partial charge on any atom is -0.233 e. The maximum atomic E-state index is 14.1. The van der Waals surface area contributed by atoms with E-state index in [0.717, 1.165) is 15.4 Å². The Morgan fingerprint density at radius 3 is 2.67 bits per heavy atom. The summed E-state index contributed by atoms with van der Waals surface area (Å²) in [4.78, 5) is 5.40. The molecule has 0 aliphatic rings. The van der Waals surface area contributed by atoms with Gasteiger partial charge in [0, 0.05) is 5.38 Å². The van der Waals surface area contributed by atoms with Gasteiger partial charge in [0.2, 0.25) is 0 Å². The molecule has 0 unspecified atom stereocenters. The third kappa shape index (κ3) is 3.54. The second-order valence-electron chi connectivity index (χ2n) is 4.30. The molecule has 21 heavy (non-hydrogen) atoms. The summed E-state index contributed by atoms with van der Waals surface area (Å²) in [5, 5.41) is 4.60. The van der Waals surface area contributed by atoms with Crippen molar-refractivity contribution in [2.75, 3.05) is 0 Å². The van der Waals surface area contributed by atoms with Gasteiger partial charge >= 0.3 is 0 Å². The molecule has 1 nitrogen and oxygen atoms in total. The highest BCUT2D eigenvalue weighted by atomic mass is 32.1. The van der Waals surface area contributed by atoms with Crippen molar-refractivity contribution in [2.24, 2.45) is 0 Å². The lowest BCUT2D eigenvalue weighted by Crippen LogP contribution is -1.77. The van der Waals surface area contributed by atoms with E-state index in [1.165, 1.54) is 17.4 Å². The smallest absolute Gasteiger partial charge is 0.149 e. The lowest BCUT2D eigenvalue weighted by atomic mass is 10.2. The van der Waals surface area contributed by atoms with Crippen LogP contribution >= 0.6 is 22.7 Å². The van der Waals surface area contributed by atoms with Crippen molar-refractivity contribution in [3.8, 4) is 9.88 Å². The van der Waals surface area contributed by atoms with Crippen LogP contribution in [0.3, 0.4) is 0 Å². The average Bonchev–Trinajstić information content (AvgIpc) is 3.19. The number of halogens is 1. The molecular formula is C17H12FNS2. The Morgan fingerprint density at radius 2 is 1.90 bits per heavy atom. The molecule has 4 heteroatoms. The van der Waals surface area contributed by atoms with Crippen LogP contribution in [-0.4, -0.2) is 4.98 Å². The van der Waals surface area contributed by atoms with E-state index in [0.29, 0.717) is 5.69 Å². The van der Waals surface area contributed by atoms with Gasteiger partial charge in [0.15, 0.2) is 0 Å². The van der Waals surface area contributed by atoms with Gasteiger partial charge in [-0.2, -0.15) is 0 Å². The molecule has 0 saturated carbocycles. The molecule has 3 rings (SSSR count). The van der Waals surface area contributed by atoms with Crippen molar-refractivity contribution < 1.29 is 4.39 Å². The van der Waals surface area contributed by atoms with Crippen molar-refractivity contribution in [1.29, 1.82) is 0 Å². The third-order valence-corrected chi connectivity index (χ3v) is 4.69. The number of allylic oxidation sites excluding steroid dienone is 2. The van der Waals surface area contributed by atoms with Crippen LogP contribution in [0, 0.1) is 0 Å². The molecule has 0 fully saturated rings. The van der Waals surface area contributed by atoms with Gasteiger partial charge in [-0.3, -0.25) is 0 Å². The predicted octanol–water partition coefficient (Wildman–Crippen LogP) is 5.90. The first-order chi connectivity index (χ1) is 10.3. The van der Waals surface area contributed by atoms with Gasteiger partial charge in [-0.05, 0) is 23.1 Å². The zero-order chi connectivity index (χ0) is 14.5. The van der Waals surface area contributed by atoms with Crippen LogP contribution in [0.2, 0.25) is 0 Å². The number of thiophene rings is 1.